The summed E-state index contributed by atoms with van der Waals surface area (Å²) in [5.74, 6) is -0.500. The summed E-state index contributed by atoms with van der Waals surface area (Å²) in [4.78, 5) is 14.4. The van der Waals surface area contributed by atoms with E-state index in [0.717, 1.165) is 5.56 Å². The molecule has 0 aromatic heterocycles. The molecule has 0 bridgehead atoms. The topological polar surface area (TPSA) is 30.7 Å². The molecule has 0 unspecified atom stereocenters. The molecule has 0 saturated carbocycles. The minimum Gasteiger partial charge on any atom is -0.463 e. The van der Waals surface area contributed by atoms with Crippen LogP contribution in [0.2, 0.25) is 5.02 Å². The maximum Gasteiger partial charge on any atom is 0.390 e. The number of methoxy groups -OCH3 is 1. The van der Waals surface area contributed by atoms with Crippen LogP contribution in [-0.2, 0) is 16.0 Å². The number of esters is 1. The van der Waals surface area contributed by atoms with Crippen LogP contribution in [0.15, 0.2) is 24.3 Å². The van der Waals surface area contributed by atoms with E-state index in [9.17, 15) is 4.79 Å². The smallest absolute Gasteiger partial charge is 0.390 e. The van der Waals surface area contributed by atoms with Gasteiger partial charge in [0.2, 0.25) is 0 Å². The van der Waals surface area contributed by atoms with Crippen LogP contribution in [-0.4, -0.2) is 19.1 Å². The highest BCUT2D eigenvalue weighted by atomic mass is 35.5. The van der Waals surface area contributed by atoms with Gasteiger partial charge in [-0.2, -0.15) is 0 Å². The lowest BCUT2D eigenvalue weighted by atomic mass is 10.1. The lowest BCUT2D eigenvalue weighted by Gasteiger charge is -2.03. The Morgan fingerprint density at radius 1 is 1.53 bits per heavy atom. The Kier molecular flexibility index (Phi) is 4.14. The quantitative estimate of drug-likeness (QED) is 0.582. The van der Waals surface area contributed by atoms with Gasteiger partial charge in [0, 0.05) is 5.02 Å². The monoisotopic (exact) mass is 223 g/mol. The van der Waals surface area contributed by atoms with Gasteiger partial charge in [-0.1, -0.05) is 23.7 Å². The minimum atomic E-state index is -0.767. The van der Waals surface area contributed by atoms with Crippen molar-refractivity contribution in [2.45, 2.75) is 12.5 Å². The van der Waals surface area contributed by atoms with E-state index in [1.165, 1.54) is 7.11 Å². The average Bonchev–Trinajstić information content (AvgIpc) is 2.27. The van der Waals surface area contributed by atoms with E-state index in [2.05, 4.69) is 9.58 Å². The SMILES string of the molecule is [C-]#[N+][C@@H](Cc1ccc(Cl)cc1)C(=O)OC. The molecular formula is C11H10ClNO2. The van der Waals surface area contributed by atoms with Crippen molar-refractivity contribution < 1.29 is 9.53 Å². The van der Waals surface area contributed by atoms with Gasteiger partial charge >= 0.3 is 12.0 Å². The lowest BCUT2D eigenvalue weighted by molar-refractivity contribution is -0.141. The molecular weight excluding hydrogens is 214 g/mol. The molecule has 0 aliphatic rings. The number of rotatable bonds is 3. The molecule has 0 fully saturated rings. The van der Waals surface area contributed by atoms with Crippen molar-refractivity contribution in [3.8, 4) is 0 Å². The second-order valence-corrected chi connectivity index (χ2v) is 3.44. The Bertz CT molecular complexity index is 381. The van der Waals surface area contributed by atoms with Crippen LogP contribution in [0.3, 0.4) is 0 Å². The summed E-state index contributed by atoms with van der Waals surface area (Å²) >= 11 is 5.72. The Balaban J connectivity index is 2.72. The van der Waals surface area contributed by atoms with E-state index in [-0.39, 0.29) is 0 Å². The standard InChI is InChI=1S/C11H10ClNO2/c1-13-10(11(14)15-2)7-8-3-5-9(12)6-4-8/h3-6,10H,7H2,2H3/t10-/m0/s1. The average molecular weight is 224 g/mol. The molecule has 0 aliphatic carbocycles. The van der Waals surface area contributed by atoms with Crippen molar-refractivity contribution in [2.75, 3.05) is 7.11 Å². The van der Waals surface area contributed by atoms with E-state index < -0.39 is 12.0 Å². The predicted molar refractivity (Wildman–Crippen MR) is 57.6 cm³/mol. The van der Waals surface area contributed by atoms with Crippen LogP contribution in [0, 0.1) is 6.57 Å². The Labute approximate surface area is 93.4 Å². The van der Waals surface area contributed by atoms with E-state index in [0.29, 0.717) is 11.4 Å². The molecule has 0 N–H and O–H groups in total. The summed E-state index contributed by atoms with van der Waals surface area (Å²) in [6.07, 6.45) is 0.355. The molecule has 3 nitrogen and oxygen atoms in total. The zero-order chi connectivity index (χ0) is 11.3. The summed E-state index contributed by atoms with van der Waals surface area (Å²) in [6.45, 7) is 6.88. The van der Waals surface area contributed by atoms with Crippen molar-refractivity contribution in [2.24, 2.45) is 0 Å². The van der Waals surface area contributed by atoms with Crippen LogP contribution in [0.5, 0.6) is 0 Å². The molecule has 0 amide bonds. The maximum atomic E-state index is 11.2. The first-order valence-electron chi connectivity index (χ1n) is 4.36. The van der Waals surface area contributed by atoms with Crippen molar-refractivity contribution in [1.82, 2.24) is 0 Å². The van der Waals surface area contributed by atoms with Gasteiger partial charge in [0.1, 0.15) is 0 Å². The number of hydrogen-bond acceptors (Lipinski definition) is 2. The van der Waals surface area contributed by atoms with Crippen molar-refractivity contribution in [3.05, 3.63) is 46.3 Å². The largest absolute Gasteiger partial charge is 0.463 e. The second kappa shape index (κ2) is 5.38. The maximum absolute atomic E-state index is 11.2. The number of carbonyl (C=O) groups is 1. The number of nitrogens with zero attached hydrogens (tertiary/aromatic N) is 1. The number of carbonyl (C=O) groups excluding carboxylic acids is 1. The van der Waals surface area contributed by atoms with Gasteiger partial charge in [-0.05, 0) is 17.7 Å². The molecule has 0 aliphatic heterocycles. The highest BCUT2D eigenvalue weighted by Gasteiger charge is 2.24. The molecule has 4 heteroatoms. The molecule has 0 saturated heterocycles. The summed E-state index contributed by atoms with van der Waals surface area (Å²) in [7, 11) is 1.28. The Morgan fingerprint density at radius 3 is 2.60 bits per heavy atom. The fraction of sp³-hybridized carbons (Fsp3) is 0.273. The summed E-state index contributed by atoms with van der Waals surface area (Å²) in [5.41, 5.74) is 0.894. The molecule has 15 heavy (non-hydrogen) atoms. The van der Waals surface area contributed by atoms with E-state index in [1.807, 2.05) is 0 Å². The van der Waals surface area contributed by atoms with E-state index in [4.69, 9.17) is 18.2 Å². The first-order chi connectivity index (χ1) is 7.17. The van der Waals surface area contributed by atoms with Gasteiger partial charge < -0.3 is 9.58 Å². The van der Waals surface area contributed by atoms with Gasteiger partial charge in [0.15, 0.2) is 0 Å². The van der Waals surface area contributed by atoms with Crippen LogP contribution in [0.4, 0.5) is 0 Å². The number of hydrogen-bond donors (Lipinski definition) is 0. The van der Waals surface area contributed by atoms with Crippen molar-refractivity contribution >= 4 is 17.6 Å². The number of halogens is 1. The number of ether oxygens (including phenoxy) is 1. The van der Waals surface area contributed by atoms with Crippen LogP contribution in [0.1, 0.15) is 5.56 Å². The zero-order valence-corrected chi connectivity index (χ0v) is 8.99. The fourth-order valence-corrected chi connectivity index (χ4v) is 1.29. The Hall–Kier alpha value is -1.53. The predicted octanol–water partition coefficient (Wildman–Crippen LogP) is 2.34. The lowest BCUT2D eigenvalue weighted by Crippen LogP contribution is -2.20. The third-order valence-corrected chi connectivity index (χ3v) is 2.22. The molecule has 0 radical (unpaired) electrons. The normalized spacial score (nSPS) is 11.5. The van der Waals surface area contributed by atoms with E-state index in [1.54, 1.807) is 24.3 Å². The Morgan fingerprint density at radius 2 is 2.13 bits per heavy atom. The summed E-state index contributed by atoms with van der Waals surface area (Å²) in [5, 5.41) is 0.635. The van der Waals surface area contributed by atoms with Crippen molar-refractivity contribution in [1.29, 1.82) is 0 Å². The zero-order valence-electron chi connectivity index (χ0n) is 8.24. The van der Waals surface area contributed by atoms with Crippen molar-refractivity contribution in [3.63, 3.8) is 0 Å². The molecule has 1 aromatic carbocycles. The first-order valence-corrected chi connectivity index (χ1v) is 4.74. The molecule has 0 heterocycles. The molecule has 1 rings (SSSR count). The van der Waals surface area contributed by atoms with Crippen LogP contribution in [0.25, 0.3) is 4.85 Å². The first kappa shape index (κ1) is 11.5. The molecule has 0 spiro atoms. The van der Waals surface area contributed by atoms with Gasteiger partial charge in [-0.15, -0.1) is 0 Å². The van der Waals surface area contributed by atoms with Gasteiger partial charge in [0.05, 0.1) is 13.5 Å². The van der Waals surface area contributed by atoms with Gasteiger partial charge in [0.25, 0.3) is 0 Å². The minimum absolute atomic E-state index is 0.355. The third kappa shape index (κ3) is 3.26. The molecule has 1 aromatic rings. The molecule has 1 atom stereocenters. The molecule has 78 valence electrons. The number of benzene rings is 1. The summed E-state index contributed by atoms with van der Waals surface area (Å²) in [6, 6.07) is 6.29. The summed E-state index contributed by atoms with van der Waals surface area (Å²) < 4.78 is 4.52. The highest BCUT2D eigenvalue weighted by Crippen LogP contribution is 2.12. The van der Waals surface area contributed by atoms with E-state index >= 15 is 0 Å². The van der Waals surface area contributed by atoms with Gasteiger partial charge in [-0.3, -0.25) is 0 Å². The van der Waals surface area contributed by atoms with Crippen LogP contribution >= 0.6 is 11.6 Å². The van der Waals surface area contributed by atoms with Gasteiger partial charge in [-0.25, -0.2) is 11.4 Å². The fourth-order valence-electron chi connectivity index (χ4n) is 1.16. The second-order valence-electron chi connectivity index (χ2n) is 3.00. The van der Waals surface area contributed by atoms with Crippen LogP contribution < -0.4 is 0 Å². The highest BCUT2D eigenvalue weighted by molar-refractivity contribution is 6.30. The third-order valence-electron chi connectivity index (χ3n) is 1.97.